The number of carbonyl (C=O) groups excluding carboxylic acids is 2. The van der Waals surface area contributed by atoms with Crippen molar-refractivity contribution < 1.29 is 14.0 Å². The van der Waals surface area contributed by atoms with Gasteiger partial charge in [-0.1, -0.05) is 0 Å². The molecule has 2 aliphatic heterocycles. The Kier molecular flexibility index (Phi) is 4.48. The summed E-state index contributed by atoms with van der Waals surface area (Å²) in [7, 11) is 1.74. The molecule has 0 atom stereocenters. The molecular weight excluding hydrogens is 399 g/mol. The number of aryl methyl sites for hydroxylation is 1. The Labute approximate surface area is 177 Å². The van der Waals surface area contributed by atoms with Crippen molar-refractivity contribution in [2.45, 2.75) is 13.5 Å². The third-order valence-electron chi connectivity index (χ3n) is 5.67. The number of aromatic nitrogens is 3. The number of hydrogen-bond donors (Lipinski definition) is 4. The lowest BCUT2D eigenvalue weighted by Crippen LogP contribution is -2.34. The Balaban J connectivity index is 1.73. The van der Waals surface area contributed by atoms with E-state index in [1.54, 1.807) is 36.4 Å². The molecule has 0 saturated carbocycles. The maximum absolute atomic E-state index is 14.9. The van der Waals surface area contributed by atoms with Crippen molar-refractivity contribution in [3.05, 3.63) is 58.4 Å². The summed E-state index contributed by atoms with van der Waals surface area (Å²) in [6, 6.07) is 4.94. The van der Waals surface area contributed by atoms with Gasteiger partial charge < -0.3 is 20.5 Å². The summed E-state index contributed by atoms with van der Waals surface area (Å²) in [6.07, 6.45) is 3.26. The van der Waals surface area contributed by atoms with Crippen LogP contribution in [0.2, 0.25) is 0 Å². The van der Waals surface area contributed by atoms with E-state index in [2.05, 4.69) is 25.8 Å². The molecule has 2 bridgehead atoms. The van der Waals surface area contributed by atoms with Crippen molar-refractivity contribution in [2.24, 2.45) is 0 Å². The fraction of sp³-hybridized carbons (Fsp3) is 0.227. The third kappa shape index (κ3) is 3.23. The minimum absolute atomic E-state index is 0.140. The van der Waals surface area contributed by atoms with Gasteiger partial charge in [-0.3, -0.25) is 14.7 Å². The van der Waals surface area contributed by atoms with E-state index in [-0.39, 0.29) is 11.6 Å². The second kappa shape index (κ2) is 7.21. The zero-order valence-electron chi connectivity index (χ0n) is 17.1. The normalized spacial score (nSPS) is 17.9. The topological polar surface area (TPSA) is 106 Å². The molecular formula is C22H21FN6O2. The van der Waals surface area contributed by atoms with Gasteiger partial charge in [0.05, 0.1) is 34.4 Å². The van der Waals surface area contributed by atoms with Crippen LogP contribution in [0.4, 0.5) is 10.1 Å². The molecule has 9 heteroatoms. The van der Waals surface area contributed by atoms with E-state index < -0.39 is 11.7 Å². The van der Waals surface area contributed by atoms with Gasteiger partial charge in [0.2, 0.25) is 0 Å². The standard InChI is InChI=1S/C22H21FN6O2/c1-11-5-15-18(26-11)8-14-13-6-12(7-17(23)20(13)27-21(14)30)16-9-25-28-19(16)10-24-3-4-29(2)22(15)31/h5-9,24,26H,3-4,10H2,1-2H3,(H,25,28)(H,27,30)/b14-8-. The number of nitrogens with zero attached hydrogens (tertiary/aromatic N) is 2. The van der Waals surface area contributed by atoms with E-state index >= 15 is 0 Å². The maximum atomic E-state index is 14.9. The van der Waals surface area contributed by atoms with Gasteiger partial charge in [0.25, 0.3) is 11.8 Å². The highest BCUT2D eigenvalue weighted by molar-refractivity contribution is 6.35. The first-order valence-electron chi connectivity index (χ1n) is 9.97. The summed E-state index contributed by atoms with van der Waals surface area (Å²) in [5, 5.41) is 13.0. The molecule has 4 heterocycles. The van der Waals surface area contributed by atoms with Gasteiger partial charge in [0.15, 0.2) is 0 Å². The summed E-state index contributed by atoms with van der Waals surface area (Å²) < 4.78 is 14.9. The van der Waals surface area contributed by atoms with Crippen LogP contribution in [-0.4, -0.2) is 52.0 Å². The number of hydrogen-bond acceptors (Lipinski definition) is 4. The van der Waals surface area contributed by atoms with Gasteiger partial charge in [-0.05, 0) is 36.8 Å². The predicted molar refractivity (Wildman–Crippen MR) is 115 cm³/mol. The van der Waals surface area contributed by atoms with Crippen LogP contribution in [0.1, 0.15) is 33.0 Å². The first-order chi connectivity index (χ1) is 14.9. The number of halogens is 1. The van der Waals surface area contributed by atoms with Crippen LogP contribution in [0, 0.1) is 12.7 Å². The molecule has 2 aliphatic rings. The highest BCUT2D eigenvalue weighted by Crippen LogP contribution is 2.39. The largest absolute Gasteiger partial charge is 0.358 e. The Morgan fingerprint density at radius 3 is 2.81 bits per heavy atom. The van der Waals surface area contributed by atoms with Crippen molar-refractivity contribution in [3.63, 3.8) is 0 Å². The predicted octanol–water partition coefficient (Wildman–Crippen LogP) is 2.52. The number of rotatable bonds is 0. The van der Waals surface area contributed by atoms with Crippen LogP contribution >= 0.6 is 0 Å². The van der Waals surface area contributed by atoms with Crippen molar-refractivity contribution in [1.82, 2.24) is 25.4 Å². The monoisotopic (exact) mass is 420 g/mol. The van der Waals surface area contributed by atoms with E-state index in [0.29, 0.717) is 47.6 Å². The van der Waals surface area contributed by atoms with Crippen LogP contribution in [-0.2, 0) is 11.3 Å². The van der Waals surface area contributed by atoms with Crippen molar-refractivity contribution in [2.75, 3.05) is 25.5 Å². The fourth-order valence-corrected chi connectivity index (χ4v) is 4.06. The zero-order valence-corrected chi connectivity index (χ0v) is 17.1. The maximum Gasteiger partial charge on any atom is 0.256 e. The second-order valence-corrected chi connectivity index (χ2v) is 7.84. The van der Waals surface area contributed by atoms with Crippen LogP contribution in [0.3, 0.4) is 0 Å². The number of H-pyrrole nitrogens is 2. The van der Waals surface area contributed by atoms with E-state index in [0.717, 1.165) is 17.0 Å². The number of amides is 2. The Hall–Kier alpha value is -3.72. The molecule has 0 fully saturated rings. The Morgan fingerprint density at radius 1 is 1.13 bits per heavy atom. The van der Waals surface area contributed by atoms with Gasteiger partial charge in [-0.2, -0.15) is 5.10 Å². The second-order valence-electron chi connectivity index (χ2n) is 7.84. The molecule has 2 aromatic heterocycles. The molecule has 31 heavy (non-hydrogen) atoms. The van der Waals surface area contributed by atoms with Gasteiger partial charge in [-0.25, -0.2) is 4.39 Å². The number of nitrogens with one attached hydrogen (secondary N) is 4. The fourth-order valence-electron chi connectivity index (χ4n) is 4.06. The number of carbonyl (C=O) groups is 2. The van der Waals surface area contributed by atoms with E-state index in [4.69, 9.17) is 0 Å². The molecule has 0 aliphatic carbocycles. The smallest absolute Gasteiger partial charge is 0.256 e. The lowest BCUT2D eigenvalue weighted by atomic mass is 9.98. The number of aromatic amines is 2. The van der Waals surface area contributed by atoms with Crippen LogP contribution < -0.4 is 10.6 Å². The molecule has 0 radical (unpaired) electrons. The third-order valence-corrected chi connectivity index (χ3v) is 5.67. The summed E-state index contributed by atoms with van der Waals surface area (Å²) in [4.78, 5) is 30.5. The number of fused-ring (bicyclic) bond motifs is 4. The first-order valence-corrected chi connectivity index (χ1v) is 9.97. The molecule has 3 aromatic rings. The molecule has 0 saturated heterocycles. The van der Waals surface area contributed by atoms with Crippen LogP contribution in [0.5, 0.6) is 0 Å². The minimum Gasteiger partial charge on any atom is -0.358 e. The van der Waals surface area contributed by atoms with Gasteiger partial charge in [0.1, 0.15) is 5.82 Å². The average molecular weight is 420 g/mol. The number of benzene rings is 1. The minimum atomic E-state index is -0.521. The molecule has 0 spiro atoms. The van der Waals surface area contributed by atoms with Crippen molar-refractivity contribution in [1.29, 1.82) is 0 Å². The van der Waals surface area contributed by atoms with E-state index in [1.165, 1.54) is 6.07 Å². The lowest BCUT2D eigenvalue weighted by Gasteiger charge is -2.17. The summed E-state index contributed by atoms with van der Waals surface area (Å²) >= 11 is 0. The van der Waals surface area contributed by atoms with Gasteiger partial charge >= 0.3 is 0 Å². The van der Waals surface area contributed by atoms with Crippen LogP contribution in [0.15, 0.2) is 24.4 Å². The van der Waals surface area contributed by atoms with Crippen LogP contribution in [0.25, 0.3) is 22.8 Å². The van der Waals surface area contributed by atoms with E-state index in [1.807, 2.05) is 6.92 Å². The van der Waals surface area contributed by atoms with Gasteiger partial charge in [0, 0.05) is 43.5 Å². The summed E-state index contributed by atoms with van der Waals surface area (Å²) in [5.41, 5.74) is 4.84. The molecule has 0 unspecified atom stereocenters. The number of anilines is 1. The highest BCUT2D eigenvalue weighted by atomic mass is 19.1. The zero-order chi connectivity index (χ0) is 21.7. The highest BCUT2D eigenvalue weighted by Gasteiger charge is 2.29. The molecule has 1 aromatic carbocycles. The number of likely N-dealkylation sites (N-methyl/N-ethyl adjacent to an activating group) is 1. The molecule has 4 N–H and O–H groups in total. The Bertz CT molecular complexity index is 1250. The van der Waals surface area contributed by atoms with Crippen molar-refractivity contribution in [3.8, 4) is 11.1 Å². The quantitative estimate of drug-likeness (QED) is 0.448. The molecule has 5 rings (SSSR count). The Morgan fingerprint density at radius 2 is 1.97 bits per heavy atom. The van der Waals surface area contributed by atoms with Gasteiger partial charge in [-0.15, -0.1) is 0 Å². The summed E-state index contributed by atoms with van der Waals surface area (Å²) in [5.74, 6) is -1.09. The molecule has 2 amide bonds. The lowest BCUT2D eigenvalue weighted by molar-refractivity contribution is -0.110. The summed E-state index contributed by atoms with van der Waals surface area (Å²) in [6.45, 7) is 3.39. The molecule has 158 valence electrons. The van der Waals surface area contributed by atoms with Crippen molar-refractivity contribution >= 4 is 29.2 Å². The molecule has 8 nitrogen and oxygen atoms in total. The first kappa shape index (κ1) is 19.3. The SMILES string of the molecule is Cc1cc2c([nH]1)/C=C1\C(=O)Nc3c(F)cc(cc31)-c1cn[nH]c1CNCCN(C)C2=O. The average Bonchev–Trinajstić information content (AvgIpc) is 3.43. The van der Waals surface area contributed by atoms with E-state index in [9.17, 15) is 14.0 Å².